The van der Waals surface area contributed by atoms with Gasteiger partial charge < -0.3 is 19.3 Å². The van der Waals surface area contributed by atoms with Crippen molar-refractivity contribution in [3.8, 4) is 17.6 Å². The largest absolute Gasteiger partial charge is 0.490 e. The maximum Gasteiger partial charge on any atom is 0.187 e. The number of carbonyl (C=O) groups excluding carboxylic acids is 1. The van der Waals surface area contributed by atoms with Gasteiger partial charge in [0.15, 0.2) is 17.3 Å². The third kappa shape index (κ3) is 3.64. The molecule has 0 atom stereocenters. The Morgan fingerprint density at radius 3 is 2.38 bits per heavy atom. The molecule has 0 radical (unpaired) electrons. The smallest absolute Gasteiger partial charge is 0.187 e. The average molecular weight is 407 g/mol. The van der Waals surface area contributed by atoms with Gasteiger partial charge in [0.2, 0.25) is 0 Å². The number of hydrogen-bond acceptors (Lipinski definition) is 7. The van der Waals surface area contributed by atoms with Crippen molar-refractivity contribution in [3.63, 3.8) is 0 Å². The molecule has 2 aliphatic rings. The number of Topliss-reactive ketones (excluding diaryl/α,β-unsaturated/α-hetero) is 1. The minimum absolute atomic E-state index is 0.160. The molecule has 0 aromatic heterocycles. The molecule has 7 heteroatoms. The Kier molecular flexibility index (Phi) is 5.36. The van der Waals surface area contributed by atoms with E-state index in [1.165, 1.54) is 11.8 Å². The maximum atomic E-state index is 12.9. The second-order valence-electron chi connectivity index (χ2n) is 6.79. The van der Waals surface area contributed by atoms with Gasteiger partial charge in [0, 0.05) is 25.4 Å². The number of benzene rings is 2. The van der Waals surface area contributed by atoms with E-state index in [1.807, 2.05) is 66.4 Å². The summed E-state index contributed by atoms with van der Waals surface area (Å²) in [5.74, 6) is 2.00. The Labute approximate surface area is 174 Å². The molecule has 0 bridgehead atoms. The molecule has 6 nitrogen and oxygen atoms in total. The van der Waals surface area contributed by atoms with Crippen LogP contribution in [0.2, 0.25) is 0 Å². The number of nitriles is 1. The van der Waals surface area contributed by atoms with Crippen LogP contribution < -0.4 is 19.3 Å². The van der Waals surface area contributed by atoms with Gasteiger partial charge in [-0.15, -0.1) is 11.8 Å². The molecule has 0 unspecified atom stereocenters. The maximum absolute atomic E-state index is 12.9. The predicted octanol–water partition coefficient (Wildman–Crippen LogP) is 3.83. The number of thioether (sulfide) groups is 1. The van der Waals surface area contributed by atoms with Crippen molar-refractivity contribution in [3.05, 3.63) is 53.9 Å². The summed E-state index contributed by atoms with van der Waals surface area (Å²) in [6, 6.07) is 15.6. The number of anilines is 2. The first-order valence-corrected chi connectivity index (χ1v) is 10.3. The van der Waals surface area contributed by atoms with Crippen molar-refractivity contribution < 1.29 is 14.3 Å². The summed E-state index contributed by atoms with van der Waals surface area (Å²) in [6.45, 7) is 1.25. The summed E-state index contributed by atoms with van der Waals surface area (Å²) < 4.78 is 11.4. The van der Waals surface area contributed by atoms with E-state index in [0.29, 0.717) is 24.8 Å². The number of fused-ring (bicyclic) bond motifs is 2. The first-order valence-electron chi connectivity index (χ1n) is 9.36. The molecule has 0 N–H and O–H groups in total. The van der Waals surface area contributed by atoms with Crippen LogP contribution in [0.15, 0.2) is 58.8 Å². The number of rotatable bonds is 4. The van der Waals surface area contributed by atoms with Crippen LogP contribution >= 0.6 is 11.8 Å². The van der Waals surface area contributed by atoms with Gasteiger partial charge in [-0.2, -0.15) is 5.26 Å². The number of allylic oxidation sites excluding steroid dienone is 1. The van der Waals surface area contributed by atoms with Crippen LogP contribution in [0.25, 0.3) is 0 Å². The number of nitrogens with zero attached hydrogens (tertiary/aromatic N) is 3. The molecule has 0 saturated heterocycles. The van der Waals surface area contributed by atoms with Crippen molar-refractivity contribution in [2.45, 2.75) is 11.3 Å². The molecule has 0 fully saturated rings. The molecule has 2 heterocycles. The van der Waals surface area contributed by atoms with E-state index in [1.54, 1.807) is 0 Å². The normalized spacial score (nSPS) is 14.9. The van der Waals surface area contributed by atoms with Crippen LogP contribution in [0.1, 0.15) is 6.42 Å². The van der Waals surface area contributed by atoms with Gasteiger partial charge in [0.25, 0.3) is 0 Å². The third-order valence-corrected chi connectivity index (χ3v) is 5.94. The molecule has 4 rings (SSSR count). The molecule has 0 saturated carbocycles. The van der Waals surface area contributed by atoms with Gasteiger partial charge in [-0.25, -0.2) is 0 Å². The lowest BCUT2D eigenvalue weighted by molar-refractivity contribution is -0.112. The Morgan fingerprint density at radius 2 is 1.72 bits per heavy atom. The topological polar surface area (TPSA) is 65.8 Å². The van der Waals surface area contributed by atoms with Crippen LogP contribution in [0, 0.1) is 11.3 Å². The fourth-order valence-corrected chi connectivity index (χ4v) is 4.31. The van der Waals surface area contributed by atoms with Gasteiger partial charge in [0.1, 0.15) is 17.5 Å². The standard InChI is InChI=1S/C22H21N3O3S/c1-24-17-6-3-4-7-18(17)25(2)22(24)16(13-23)19(26)14-29-15-8-9-20-21(12-15)28-11-5-10-27-20/h3-4,6-9,12H,5,10-11,14H2,1-2H3. The van der Waals surface area contributed by atoms with E-state index in [2.05, 4.69) is 6.07 Å². The lowest BCUT2D eigenvalue weighted by atomic mass is 10.2. The van der Waals surface area contributed by atoms with E-state index in [4.69, 9.17) is 9.47 Å². The van der Waals surface area contributed by atoms with Crippen LogP contribution in [0.5, 0.6) is 11.5 Å². The van der Waals surface area contributed by atoms with Crippen LogP contribution in [0.4, 0.5) is 11.4 Å². The van der Waals surface area contributed by atoms with E-state index in [-0.39, 0.29) is 17.1 Å². The second-order valence-corrected chi connectivity index (χ2v) is 7.84. The Bertz CT molecular complexity index is 997. The number of ketones is 1. The predicted molar refractivity (Wildman–Crippen MR) is 114 cm³/mol. The summed E-state index contributed by atoms with van der Waals surface area (Å²) in [4.78, 5) is 17.6. The monoisotopic (exact) mass is 407 g/mol. The Balaban J connectivity index is 1.53. The summed E-state index contributed by atoms with van der Waals surface area (Å²) >= 11 is 1.39. The van der Waals surface area contributed by atoms with Crippen molar-refractivity contribution >= 4 is 28.9 Å². The minimum atomic E-state index is -0.203. The van der Waals surface area contributed by atoms with Gasteiger partial charge in [0.05, 0.1) is 30.3 Å². The average Bonchev–Trinajstić information content (AvgIpc) is 2.90. The van der Waals surface area contributed by atoms with Crippen molar-refractivity contribution in [1.82, 2.24) is 0 Å². The van der Waals surface area contributed by atoms with Crippen molar-refractivity contribution in [2.75, 3.05) is 42.9 Å². The second kappa shape index (κ2) is 8.10. The van der Waals surface area contributed by atoms with Gasteiger partial charge in [-0.3, -0.25) is 4.79 Å². The van der Waals surface area contributed by atoms with Crippen LogP contribution in [-0.2, 0) is 4.79 Å². The van der Waals surface area contributed by atoms with Crippen LogP contribution in [-0.4, -0.2) is 38.8 Å². The zero-order valence-corrected chi connectivity index (χ0v) is 17.2. The lowest BCUT2D eigenvalue weighted by Gasteiger charge is -2.19. The molecule has 2 aliphatic heterocycles. The minimum Gasteiger partial charge on any atom is -0.490 e. The number of carbonyl (C=O) groups is 1. The molecule has 148 valence electrons. The molecule has 2 aromatic rings. The van der Waals surface area contributed by atoms with E-state index < -0.39 is 0 Å². The van der Waals surface area contributed by atoms with Gasteiger partial charge in [-0.1, -0.05) is 12.1 Å². The molecule has 0 amide bonds. The van der Waals surface area contributed by atoms with E-state index in [9.17, 15) is 10.1 Å². The van der Waals surface area contributed by atoms with Gasteiger partial charge in [-0.05, 0) is 30.3 Å². The fraction of sp³-hybridized carbons (Fsp3) is 0.273. The molecule has 2 aromatic carbocycles. The fourth-order valence-electron chi connectivity index (χ4n) is 3.51. The van der Waals surface area contributed by atoms with E-state index >= 15 is 0 Å². The molecular formula is C22H21N3O3S. The number of para-hydroxylation sites is 2. The summed E-state index contributed by atoms with van der Waals surface area (Å²) in [7, 11) is 3.75. The zero-order chi connectivity index (χ0) is 20.4. The SMILES string of the molecule is CN1C(=C(C#N)C(=O)CSc2ccc3c(c2)OCCCO3)N(C)c2ccccc21. The highest BCUT2D eigenvalue weighted by Gasteiger charge is 2.31. The highest BCUT2D eigenvalue weighted by Crippen LogP contribution is 2.40. The highest BCUT2D eigenvalue weighted by molar-refractivity contribution is 8.00. The Hall–Kier alpha value is -3.11. The summed E-state index contributed by atoms with van der Waals surface area (Å²) in [6.07, 6.45) is 0.845. The van der Waals surface area contributed by atoms with Crippen molar-refractivity contribution in [1.29, 1.82) is 5.26 Å². The van der Waals surface area contributed by atoms with Crippen molar-refractivity contribution in [2.24, 2.45) is 0 Å². The first kappa shape index (κ1) is 19.2. The highest BCUT2D eigenvalue weighted by atomic mass is 32.2. The van der Waals surface area contributed by atoms with Crippen LogP contribution in [0.3, 0.4) is 0 Å². The molecule has 0 aliphatic carbocycles. The molecule has 29 heavy (non-hydrogen) atoms. The Morgan fingerprint density at radius 1 is 1.07 bits per heavy atom. The molecule has 0 spiro atoms. The molecular weight excluding hydrogens is 386 g/mol. The lowest BCUT2D eigenvalue weighted by Crippen LogP contribution is -2.26. The number of hydrogen-bond donors (Lipinski definition) is 0. The first-order chi connectivity index (χ1) is 14.1. The van der Waals surface area contributed by atoms with Gasteiger partial charge >= 0.3 is 0 Å². The third-order valence-electron chi connectivity index (χ3n) is 4.94. The number of ether oxygens (including phenoxy) is 2. The zero-order valence-electron chi connectivity index (χ0n) is 16.3. The van der Waals surface area contributed by atoms with E-state index in [0.717, 1.165) is 28.4 Å². The quantitative estimate of drug-likeness (QED) is 0.433. The summed E-state index contributed by atoms with van der Waals surface area (Å²) in [5, 5.41) is 9.73. The summed E-state index contributed by atoms with van der Waals surface area (Å²) in [5.41, 5.74) is 2.11.